The third-order valence-electron chi connectivity index (χ3n) is 3.63. The number of nitrogens with zero attached hydrogens (tertiary/aromatic N) is 4. The summed E-state index contributed by atoms with van der Waals surface area (Å²) in [6.07, 6.45) is 2.09. The number of aromatic amines is 1. The summed E-state index contributed by atoms with van der Waals surface area (Å²) in [5.74, 6) is 0.638. The van der Waals surface area contributed by atoms with Crippen molar-refractivity contribution in [3.05, 3.63) is 58.9 Å². The molecule has 0 aromatic carbocycles. The Labute approximate surface area is 152 Å². The van der Waals surface area contributed by atoms with Gasteiger partial charge in [-0.05, 0) is 29.6 Å². The number of carbonyl (C=O) groups is 1. The maximum Gasteiger partial charge on any atom is 0.269 e. The number of hydrogen-bond acceptors (Lipinski definition) is 7. The largest absolute Gasteiger partial charge is 0.350 e. The third-order valence-corrected chi connectivity index (χ3v) is 4.31. The van der Waals surface area contributed by atoms with E-state index in [2.05, 4.69) is 30.6 Å². The van der Waals surface area contributed by atoms with Crippen molar-refractivity contribution in [1.29, 1.82) is 0 Å². The van der Waals surface area contributed by atoms with Gasteiger partial charge in [0.1, 0.15) is 11.4 Å². The summed E-state index contributed by atoms with van der Waals surface area (Å²) < 4.78 is 5.19. The van der Waals surface area contributed by atoms with Crippen molar-refractivity contribution < 1.29 is 9.32 Å². The van der Waals surface area contributed by atoms with Gasteiger partial charge in [-0.1, -0.05) is 11.2 Å². The lowest BCUT2D eigenvalue weighted by molar-refractivity contribution is 0.0948. The first-order valence-electron chi connectivity index (χ1n) is 7.90. The van der Waals surface area contributed by atoms with Gasteiger partial charge in [0.2, 0.25) is 11.7 Å². The highest BCUT2D eigenvalue weighted by atomic mass is 32.1. The first kappa shape index (κ1) is 16.2. The van der Waals surface area contributed by atoms with E-state index in [4.69, 9.17) is 4.52 Å². The van der Waals surface area contributed by atoms with Crippen molar-refractivity contribution in [2.24, 2.45) is 0 Å². The van der Waals surface area contributed by atoms with E-state index in [9.17, 15) is 4.79 Å². The fraction of sp³-hybridized carbons (Fsp3) is 0.118. The Bertz CT molecular complexity index is 993. The van der Waals surface area contributed by atoms with Gasteiger partial charge >= 0.3 is 0 Å². The number of thiophene rings is 1. The third kappa shape index (κ3) is 3.52. The minimum atomic E-state index is -0.233. The quantitative estimate of drug-likeness (QED) is 0.543. The molecule has 4 aromatic rings. The number of rotatable bonds is 6. The molecule has 26 heavy (non-hydrogen) atoms. The van der Waals surface area contributed by atoms with E-state index in [1.807, 2.05) is 29.0 Å². The molecular weight excluding hydrogens is 352 g/mol. The van der Waals surface area contributed by atoms with E-state index in [1.165, 1.54) is 0 Å². The highest BCUT2D eigenvalue weighted by Crippen LogP contribution is 2.20. The molecule has 0 saturated carbocycles. The van der Waals surface area contributed by atoms with E-state index in [0.717, 1.165) is 11.3 Å². The van der Waals surface area contributed by atoms with Gasteiger partial charge in [-0.2, -0.15) is 21.4 Å². The summed E-state index contributed by atoms with van der Waals surface area (Å²) in [4.78, 5) is 20.6. The van der Waals surface area contributed by atoms with Gasteiger partial charge in [-0.15, -0.1) is 0 Å². The summed E-state index contributed by atoms with van der Waals surface area (Å²) >= 11 is 1.58. The fourth-order valence-corrected chi connectivity index (χ4v) is 2.98. The number of aromatic nitrogens is 5. The number of carbonyl (C=O) groups excluding carboxylic acids is 1. The standard InChI is InChI=1S/C17H14N6O2S/c24-17(14-9-13(21-22-14)11-5-8-26-10-11)19-7-4-15-20-16(23-25-15)12-3-1-2-6-18-12/h1-3,5-6,8-10H,4,7H2,(H,19,24)(H,21,22). The number of H-pyrrole nitrogens is 1. The summed E-state index contributed by atoms with van der Waals surface area (Å²) in [5.41, 5.74) is 2.78. The van der Waals surface area contributed by atoms with E-state index >= 15 is 0 Å². The second-order valence-electron chi connectivity index (χ2n) is 5.41. The van der Waals surface area contributed by atoms with Crippen LogP contribution < -0.4 is 5.32 Å². The number of nitrogens with one attached hydrogen (secondary N) is 2. The van der Waals surface area contributed by atoms with Crippen LogP contribution in [0.15, 0.2) is 51.8 Å². The molecule has 4 heterocycles. The van der Waals surface area contributed by atoms with E-state index in [1.54, 1.807) is 29.7 Å². The predicted molar refractivity (Wildman–Crippen MR) is 95.5 cm³/mol. The van der Waals surface area contributed by atoms with Crippen LogP contribution in [0.2, 0.25) is 0 Å². The molecule has 9 heteroatoms. The van der Waals surface area contributed by atoms with E-state index in [0.29, 0.717) is 36.1 Å². The Morgan fingerprint density at radius 3 is 3.04 bits per heavy atom. The van der Waals surface area contributed by atoms with Crippen LogP contribution >= 0.6 is 11.3 Å². The topological polar surface area (TPSA) is 110 Å². The van der Waals surface area contributed by atoms with Crippen molar-refractivity contribution in [2.75, 3.05) is 6.54 Å². The minimum Gasteiger partial charge on any atom is -0.350 e. The smallest absolute Gasteiger partial charge is 0.269 e. The molecule has 0 bridgehead atoms. The molecular formula is C17H14N6O2S. The summed E-state index contributed by atoms with van der Waals surface area (Å²) in [7, 11) is 0. The first-order valence-corrected chi connectivity index (χ1v) is 8.84. The molecule has 4 aromatic heterocycles. The van der Waals surface area contributed by atoms with Crippen molar-refractivity contribution in [3.63, 3.8) is 0 Å². The monoisotopic (exact) mass is 366 g/mol. The molecule has 0 aliphatic rings. The molecule has 0 radical (unpaired) electrons. The minimum absolute atomic E-state index is 0.233. The summed E-state index contributed by atoms with van der Waals surface area (Å²) in [6, 6.07) is 9.16. The van der Waals surface area contributed by atoms with Crippen LogP contribution in [0.3, 0.4) is 0 Å². The van der Waals surface area contributed by atoms with Gasteiger partial charge in [-0.3, -0.25) is 14.9 Å². The fourth-order valence-electron chi connectivity index (χ4n) is 2.33. The van der Waals surface area contributed by atoms with Crippen molar-refractivity contribution in [3.8, 4) is 22.8 Å². The zero-order valence-corrected chi connectivity index (χ0v) is 14.4. The lowest BCUT2D eigenvalue weighted by Gasteiger charge is -2.00. The number of pyridine rings is 1. The van der Waals surface area contributed by atoms with E-state index < -0.39 is 0 Å². The van der Waals surface area contributed by atoms with Gasteiger partial charge in [0.25, 0.3) is 5.91 Å². The van der Waals surface area contributed by atoms with Crippen LogP contribution in [-0.4, -0.2) is 37.8 Å². The Hall–Kier alpha value is -3.33. The summed E-state index contributed by atoms with van der Waals surface area (Å²) in [5, 5.41) is 17.6. The van der Waals surface area contributed by atoms with Crippen LogP contribution in [0.1, 0.15) is 16.4 Å². The Kier molecular flexibility index (Phi) is 4.52. The Balaban J connectivity index is 1.32. The molecule has 0 unspecified atom stereocenters. The lowest BCUT2D eigenvalue weighted by Crippen LogP contribution is -2.26. The lowest BCUT2D eigenvalue weighted by atomic mass is 10.2. The molecule has 8 nitrogen and oxygen atoms in total. The maximum atomic E-state index is 12.2. The number of hydrogen-bond donors (Lipinski definition) is 2. The molecule has 2 N–H and O–H groups in total. The van der Waals surface area contributed by atoms with Crippen LogP contribution in [0.25, 0.3) is 22.8 Å². The van der Waals surface area contributed by atoms with Crippen LogP contribution in [0.5, 0.6) is 0 Å². The average Bonchev–Trinajstić information content (AvgIpc) is 3.42. The van der Waals surface area contributed by atoms with Crippen molar-refractivity contribution >= 4 is 17.2 Å². The second-order valence-corrected chi connectivity index (χ2v) is 6.19. The van der Waals surface area contributed by atoms with Crippen LogP contribution in [-0.2, 0) is 6.42 Å². The highest BCUT2D eigenvalue weighted by Gasteiger charge is 2.13. The summed E-state index contributed by atoms with van der Waals surface area (Å²) in [6.45, 7) is 0.371. The van der Waals surface area contributed by atoms with Crippen molar-refractivity contribution in [2.45, 2.75) is 6.42 Å². The molecule has 1 amide bonds. The Morgan fingerprint density at radius 2 is 2.23 bits per heavy atom. The second kappa shape index (κ2) is 7.28. The van der Waals surface area contributed by atoms with Crippen molar-refractivity contribution in [1.82, 2.24) is 30.6 Å². The highest BCUT2D eigenvalue weighted by molar-refractivity contribution is 7.08. The molecule has 0 fully saturated rings. The van der Waals surface area contributed by atoms with Crippen LogP contribution in [0.4, 0.5) is 0 Å². The zero-order valence-electron chi connectivity index (χ0n) is 13.5. The zero-order chi connectivity index (χ0) is 17.8. The first-order chi connectivity index (χ1) is 12.8. The van der Waals surface area contributed by atoms with E-state index in [-0.39, 0.29) is 5.91 Å². The van der Waals surface area contributed by atoms with Gasteiger partial charge < -0.3 is 9.84 Å². The van der Waals surface area contributed by atoms with Gasteiger partial charge in [-0.25, -0.2) is 0 Å². The SMILES string of the molecule is O=C(NCCc1nc(-c2ccccn2)no1)c1cc(-c2ccsc2)n[nH]1. The van der Waals surface area contributed by atoms with Gasteiger partial charge in [0.15, 0.2) is 0 Å². The normalized spacial score (nSPS) is 10.8. The van der Waals surface area contributed by atoms with Crippen LogP contribution in [0, 0.1) is 0 Å². The predicted octanol–water partition coefficient (Wildman–Crippen LogP) is 2.56. The molecule has 0 saturated heterocycles. The molecule has 0 aliphatic heterocycles. The van der Waals surface area contributed by atoms with Gasteiger partial charge in [0, 0.05) is 30.1 Å². The Morgan fingerprint density at radius 1 is 1.27 bits per heavy atom. The maximum absolute atomic E-state index is 12.2. The molecule has 0 aliphatic carbocycles. The molecule has 0 atom stereocenters. The molecule has 4 rings (SSSR count). The molecule has 130 valence electrons. The average molecular weight is 366 g/mol. The van der Waals surface area contributed by atoms with Gasteiger partial charge in [0.05, 0.1) is 5.69 Å². The number of amides is 1. The molecule has 0 spiro atoms.